The van der Waals surface area contributed by atoms with E-state index in [1.165, 1.54) is 36.7 Å². The third kappa shape index (κ3) is 5.59. The summed E-state index contributed by atoms with van der Waals surface area (Å²) in [6.07, 6.45) is 0.710. The number of amides is 1. The van der Waals surface area contributed by atoms with Crippen LogP contribution in [0.2, 0.25) is 0 Å². The van der Waals surface area contributed by atoms with E-state index in [2.05, 4.69) is 15.1 Å². The second kappa shape index (κ2) is 9.58. The van der Waals surface area contributed by atoms with Crippen LogP contribution in [0.1, 0.15) is 24.3 Å². The summed E-state index contributed by atoms with van der Waals surface area (Å²) in [7, 11) is 0. The summed E-state index contributed by atoms with van der Waals surface area (Å²) in [5.74, 6) is 2.51. The second-order valence-electron chi connectivity index (χ2n) is 7.12. The van der Waals surface area contributed by atoms with Crippen LogP contribution in [-0.2, 0) is 0 Å². The Hall–Kier alpha value is -1.31. The molecule has 0 aromatic heterocycles. The Labute approximate surface area is 158 Å². The fraction of sp³-hybridized carbons (Fsp3) is 0.632. The number of nitrogens with one attached hydrogen (secondary N) is 1. The lowest BCUT2D eigenvalue weighted by atomic mass is 9.91. The summed E-state index contributed by atoms with van der Waals surface area (Å²) < 4.78 is 13.2. The monoisotopic (exact) mass is 381 g/mol. The SMILES string of the molecule is O=C(O)NCCC(CCN1CC(N2CCSCC2)C1)c1ccc(F)cc1. The number of hydrogen-bond donors (Lipinski definition) is 2. The number of likely N-dealkylation sites (tertiary alicyclic amines) is 1. The van der Waals surface area contributed by atoms with Crippen LogP contribution in [-0.4, -0.2) is 77.8 Å². The number of hydrogen-bond acceptors (Lipinski definition) is 4. The third-order valence-electron chi connectivity index (χ3n) is 5.40. The molecule has 5 nitrogen and oxygen atoms in total. The molecule has 144 valence electrons. The van der Waals surface area contributed by atoms with Crippen molar-refractivity contribution >= 4 is 17.9 Å². The van der Waals surface area contributed by atoms with Gasteiger partial charge in [0.1, 0.15) is 5.82 Å². The molecule has 2 heterocycles. The molecule has 1 amide bonds. The number of nitrogens with zero attached hydrogens (tertiary/aromatic N) is 2. The summed E-state index contributed by atoms with van der Waals surface area (Å²) >= 11 is 2.04. The van der Waals surface area contributed by atoms with Crippen LogP contribution in [0.5, 0.6) is 0 Å². The van der Waals surface area contributed by atoms with Crippen LogP contribution in [0.25, 0.3) is 0 Å². The lowest BCUT2D eigenvalue weighted by Crippen LogP contribution is -2.60. The van der Waals surface area contributed by atoms with Crippen LogP contribution < -0.4 is 5.32 Å². The van der Waals surface area contributed by atoms with E-state index in [4.69, 9.17) is 5.11 Å². The van der Waals surface area contributed by atoms with Crippen LogP contribution in [0.4, 0.5) is 9.18 Å². The van der Waals surface area contributed by atoms with E-state index < -0.39 is 6.09 Å². The van der Waals surface area contributed by atoms with Gasteiger partial charge in [0, 0.05) is 50.3 Å². The number of halogens is 1. The highest BCUT2D eigenvalue weighted by atomic mass is 32.2. The lowest BCUT2D eigenvalue weighted by Gasteiger charge is -2.47. The largest absolute Gasteiger partial charge is 0.465 e. The van der Waals surface area contributed by atoms with E-state index in [0.717, 1.165) is 38.0 Å². The molecular formula is C19H28FN3O2S. The Morgan fingerprint density at radius 2 is 1.92 bits per heavy atom. The first-order valence-corrected chi connectivity index (χ1v) is 10.5. The fourth-order valence-electron chi connectivity index (χ4n) is 3.80. The maximum atomic E-state index is 13.2. The topological polar surface area (TPSA) is 55.8 Å². The second-order valence-corrected chi connectivity index (χ2v) is 8.34. The van der Waals surface area contributed by atoms with E-state index in [0.29, 0.717) is 12.6 Å². The van der Waals surface area contributed by atoms with Gasteiger partial charge in [-0.2, -0.15) is 11.8 Å². The summed E-state index contributed by atoms with van der Waals surface area (Å²) in [6.45, 7) is 6.12. The van der Waals surface area contributed by atoms with Crippen molar-refractivity contribution in [1.82, 2.24) is 15.1 Å². The molecule has 1 aromatic carbocycles. The molecule has 0 radical (unpaired) electrons. The summed E-state index contributed by atoms with van der Waals surface area (Å²) in [5.41, 5.74) is 1.09. The molecule has 2 fully saturated rings. The molecule has 2 saturated heterocycles. The highest BCUT2D eigenvalue weighted by Crippen LogP contribution is 2.26. The lowest BCUT2D eigenvalue weighted by molar-refractivity contribution is 0.0377. The Bertz CT molecular complexity index is 575. The highest BCUT2D eigenvalue weighted by Gasteiger charge is 2.32. The molecular weight excluding hydrogens is 353 g/mol. The van der Waals surface area contributed by atoms with Crippen molar-refractivity contribution in [3.63, 3.8) is 0 Å². The van der Waals surface area contributed by atoms with Gasteiger partial charge in [0.15, 0.2) is 0 Å². The van der Waals surface area contributed by atoms with Crippen molar-refractivity contribution < 1.29 is 14.3 Å². The maximum Gasteiger partial charge on any atom is 0.404 e. The van der Waals surface area contributed by atoms with Crippen molar-refractivity contribution in [3.8, 4) is 0 Å². The van der Waals surface area contributed by atoms with Gasteiger partial charge in [-0.3, -0.25) is 4.90 Å². The van der Waals surface area contributed by atoms with Crippen LogP contribution in [0, 0.1) is 5.82 Å². The predicted octanol–water partition coefficient (Wildman–Crippen LogP) is 2.69. The quantitative estimate of drug-likeness (QED) is 0.725. The van der Waals surface area contributed by atoms with Crippen molar-refractivity contribution in [2.45, 2.75) is 24.8 Å². The Kier molecular flexibility index (Phi) is 7.16. The first kappa shape index (κ1) is 19.5. The van der Waals surface area contributed by atoms with Crippen LogP contribution >= 0.6 is 11.8 Å². The number of rotatable bonds is 8. The molecule has 26 heavy (non-hydrogen) atoms. The van der Waals surface area contributed by atoms with Crippen molar-refractivity contribution in [2.75, 3.05) is 50.8 Å². The third-order valence-corrected chi connectivity index (χ3v) is 6.35. The van der Waals surface area contributed by atoms with Crippen molar-refractivity contribution in [3.05, 3.63) is 35.6 Å². The van der Waals surface area contributed by atoms with Gasteiger partial charge >= 0.3 is 6.09 Å². The normalized spacial score (nSPS) is 20.5. The number of carboxylic acid groups (broad SMARTS) is 1. The first-order chi connectivity index (χ1) is 12.6. The maximum absolute atomic E-state index is 13.2. The smallest absolute Gasteiger partial charge is 0.404 e. The highest BCUT2D eigenvalue weighted by molar-refractivity contribution is 7.99. The molecule has 3 rings (SSSR count). The first-order valence-electron chi connectivity index (χ1n) is 9.38. The Balaban J connectivity index is 1.46. The predicted molar refractivity (Wildman–Crippen MR) is 104 cm³/mol. The van der Waals surface area contributed by atoms with Gasteiger partial charge in [-0.1, -0.05) is 12.1 Å². The molecule has 0 spiro atoms. The summed E-state index contributed by atoms with van der Waals surface area (Å²) in [4.78, 5) is 15.8. The molecule has 1 aromatic rings. The Morgan fingerprint density at radius 3 is 2.58 bits per heavy atom. The molecule has 0 saturated carbocycles. The average Bonchev–Trinajstić information content (AvgIpc) is 2.60. The summed E-state index contributed by atoms with van der Waals surface area (Å²) in [5, 5.41) is 11.2. The number of thioether (sulfide) groups is 1. The zero-order valence-electron chi connectivity index (χ0n) is 15.1. The van der Waals surface area contributed by atoms with Gasteiger partial charge in [0.2, 0.25) is 0 Å². The molecule has 0 aliphatic carbocycles. The molecule has 1 unspecified atom stereocenters. The molecule has 2 N–H and O–H groups in total. The Morgan fingerprint density at radius 1 is 1.23 bits per heavy atom. The average molecular weight is 382 g/mol. The van der Waals surface area contributed by atoms with Gasteiger partial charge in [-0.25, -0.2) is 9.18 Å². The zero-order valence-corrected chi connectivity index (χ0v) is 15.9. The molecule has 2 aliphatic heterocycles. The number of carbonyl (C=O) groups is 1. The van der Waals surface area contributed by atoms with E-state index >= 15 is 0 Å². The van der Waals surface area contributed by atoms with Gasteiger partial charge in [-0.05, 0) is 43.0 Å². The zero-order chi connectivity index (χ0) is 18.4. The minimum absolute atomic E-state index is 0.235. The van der Waals surface area contributed by atoms with Gasteiger partial charge in [0.05, 0.1) is 0 Å². The molecule has 1 atom stereocenters. The van der Waals surface area contributed by atoms with Gasteiger partial charge < -0.3 is 15.3 Å². The minimum Gasteiger partial charge on any atom is -0.465 e. The molecule has 0 bridgehead atoms. The van der Waals surface area contributed by atoms with Crippen LogP contribution in [0.3, 0.4) is 0 Å². The fourth-order valence-corrected chi connectivity index (χ4v) is 4.73. The number of benzene rings is 1. The van der Waals surface area contributed by atoms with Crippen molar-refractivity contribution in [1.29, 1.82) is 0 Å². The van der Waals surface area contributed by atoms with Gasteiger partial charge in [-0.15, -0.1) is 0 Å². The molecule has 7 heteroatoms. The van der Waals surface area contributed by atoms with Crippen molar-refractivity contribution in [2.24, 2.45) is 0 Å². The van der Waals surface area contributed by atoms with E-state index in [1.54, 1.807) is 0 Å². The van der Waals surface area contributed by atoms with E-state index in [1.807, 2.05) is 23.9 Å². The minimum atomic E-state index is -0.992. The van der Waals surface area contributed by atoms with E-state index in [-0.39, 0.29) is 11.7 Å². The van der Waals surface area contributed by atoms with Gasteiger partial charge in [0.25, 0.3) is 0 Å². The summed E-state index contributed by atoms with van der Waals surface area (Å²) in [6, 6.07) is 7.33. The van der Waals surface area contributed by atoms with E-state index in [9.17, 15) is 9.18 Å². The molecule has 2 aliphatic rings. The standard InChI is InChI=1S/C19H28FN3O2S/c20-17-3-1-15(2-4-17)16(5-7-21-19(24)25)6-8-22-13-18(14-22)23-9-11-26-12-10-23/h1-4,16,18,21H,5-14H2,(H,24,25). The van der Waals surface area contributed by atoms with Crippen LogP contribution in [0.15, 0.2) is 24.3 Å².